The minimum Gasteiger partial charge on any atom is -0.450 e. The van der Waals surface area contributed by atoms with Crippen molar-refractivity contribution in [3.05, 3.63) is 101 Å². The normalized spacial score (nSPS) is 11.6. The summed E-state index contributed by atoms with van der Waals surface area (Å²) in [6.07, 6.45) is 4.95. The van der Waals surface area contributed by atoms with Crippen LogP contribution in [0.2, 0.25) is 0 Å². The minimum absolute atomic E-state index is 0.158. The molecular weight excluding hydrogens is 686 g/mol. The molecule has 1 amide bonds. The first-order valence-electron chi connectivity index (χ1n) is 13.3. The SMILES string of the molecule is CCOC(=O)Nc1cnc2c(ccn2S(=O)(=O)c2ccc(C)cc2)n1.Cc1ccc(S(=O)(=O)n2ccc3nc(Br)cnc32)cc1. The zero-order chi connectivity index (χ0) is 32.4. The summed E-state index contributed by atoms with van der Waals surface area (Å²) in [4.78, 5) is 28.4. The van der Waals surface area contributed by atoms with Gasteiger partial charge in [-0.15, -0.1) is 0 Å². The molecule has 0 aliphatic heterocycles. The predicted octanol–water partition coefficient (Wildman–Crippen LogP) is 5.28. The molecule has 0 aliphatic carbocycles. The van der Waals surface area contributed by atoms with Crippen molar-refractivity contribution < 1.29 is 26.4 Å². The molecule has 45 heavy (non-hydrogen) atoms. The number of halogens is 1. The van der Waals surface area contributed by atoms with E-state index in [0.29, 0.717) is 21.3 Å². The monoisotopic (exact) mass is 711 g/mol. The fourth-order valence-corrected chi connectivity index (χ4v) is 7.01. The van der Waals surface area contributed by atoms with Crippen molar-refractivity contribution >= 4 is 70.2 Å². The van der Waals surface area contributed by atoms with Crippen LogP contribution in [0.5, 0.6) is 0 Å². The van der Waals surface area contributed by atoms with Crippen LogP contribution in [0.15, 0.2) is 99.8 Å². The summed E-state index contributed by atoms with van der Waals surface area (Å²) in [5.41, 5.74) is 3.32. The number of fused-ring (bicyclic) bond motifs is 2. The van der Waals surface area contributed by atoms with Crippen molar-refractivity contribution in [1.29, 1.82) is 0 Å². The number of ether oxygens (including phenoxy) is 1. The highest BCUT2D eigenvalue weighted by Gasteiger charge is 2.21. The summed E-state index contributed by atoms with van der Waals surface area (Å²) in [7, 11) is -7.43. The molecule has 2 aromatic carbocycles. The van der Waals surface area contributed by atoms with Gasteiger partial charge in [0.15, 0.2) is 17.1 Å². The first-order chi connectivity index (χ1) is 21.4. The number of aryl methyl sites for hydroxylation is 2. The molecule has 0 saturated heterocycles. The van der Waals surface area contributed by atoms with Crippen LogP contribution in [0.3, 0.4) is 0 Å². The predicted molar refractivity (Wildman–Crippen MR) is 171 cm³/mol. The van der Waals surface area contributed by atoms with Gasteiger partial charge < -0.3 is 4.74 Å². The molecule has 0 saturated carbocycles. The lowest BCUT2D eigenvalue weighted by Gasteiger charge is -2.08. The highest BCUT2D eigenvalue weighted by Crippen LogP contribution is 2.22. The van der Waals surface area contributed by atoms with Gasteiger partial charge in [0.05, 0.1) is 28.8 Å². The van der Waals surface area contributed by atoms with Crippen molar-refractivity contribution in [1.82, 2.24) is 27.9 Å². The Morgan fingerprint density at radius 1 is 0.756 bits per heavy atom. The van der Waals surface area contributed by atoms with E-state index in [9.17, 15) is 21.6 Å². The molecule has 0 atom stereocenters. The van der Waals surface area contributed by atoms with E-state index in [1.165, 1.54) is 30.9 Å². The second-order valence-corrected chi connectivity index (χ2v) is 14.0. The lowest BCUT2D eigenvalue weighted by molar-refractivity contribution is 0.168. The van der Waals surface area contributed by atoms with Crippen LogP contribution in [0.1, 0.15) is 18.1 Å². The van der Waals surface area contributed by atoms with Crippen molar-refractivity contribution in [2.24, 2.45) is 0 Å². The van der Waals surface area contributed by atoms with Crippen LogP contribution in [-0.2, 0) is 24.8 Å². The van der Waals surface area contributed by atoms with Gasteiger partial charge in [-0.25, -0.2) is 49.5 Å². The van der Waals surface area contributed by atoms with Crippen LogP contribution in [-0.4, -0.2) is 57.4 Å². The number of aromatic nitrogens is 6. The zero-order valence-corrected chi connectivity index (χ0v) is 27.3. The molecule has 4 aromatic heterocycles. The Morgan fingerprint density at radius 3 is 1.71 bits per heavy atom. The molecule has 1 N–H and O–H groups in total. The Bertz CT molecular complexity index is 2230. The van der Waals surface area contributed by atoms with Gasteiger partial charge in [0.2, 0.25) is 0 Å². The Morgan fingerprint density at radius 2 is 1.22 bits per heavy atom. The molecule has 0 aliphatic rings. The van der Waals surface area contributed by atoms with Crippen LogP contribution in [0.25, 0.3) is 22.3 Å². The number of anilines is 1. The quantitative estimate of drug-likeness (QED) is 0.240. The van der Waals surface area contributed by atoms with E-state index in [1.807, 2.05) is 13.8 Å². The van der Waals surface area contributed by atoms with Crippen molar-refractivity contribution in [3.8, 4) is 0 Å². The third-order valence-corrected chi connectivity index (χ3v) is 10.1. The van der Waals surface area contributed by atoms with E-state index in [-0.39, 0.29) is 27.9 Å². The number of carbonyl (C=O) groups excluding carboxylic acids is 1. The molecule has 0 spiro atoms. The molecule has 232 valence electrons. The maximum absolute atomic E-state index is 12.8. The zero-order valence-electron chi connectivity index (χ0n) is 24.1. The summed E-state index contributed by atoms with van der Waals surface area (Å²) >= 11 is 3.21. The summed E-state index contributed by atoms with van der Waals surface area (Å²) in [6.45, 7) is 5.70. The second-order valence-electron chi connectivity index (χ2n) is 9.57. The Labute approximate surface area is 267 Å². The number of carbonyl (C=O) groups is 1. The van der Waals surface area contributed by atoms with Gasteiger partial charge in [0, 0.05) is 12.4 Å². The first-order valence-corrected chi connectivity index (χ1v) is 17.0. The molecule has 4 heterocycles. The van der Waals surface area contributed by atoms with Gasteiger partial charge >= 0.3 is 6.09 Å². The highest BCUT2D eigenvalue weighted by molar-refractivity contribution is 9.10. The molecule has 16 heteroatoms. The standard InChI is InChI=1S/C16H16N4O4S.C13H10BrN3O2S/c1-3-24-16(21)19-14-10-17-15-13(18-14)8-9-20(15)25(22,23)12-6-4-11(2)5-7-12;1-9-2-4-10(5-3-9)20(18,19)17-7-6-11-13(17)15-8-12(14)16-11/h4-10H,3H2,1-2H3,(H,18,19,21);2-8H,1H3. The Kier molecular flexibility index (Phi) is 8.99. The van der Waals surface area contributed by atoms with Crippen molar-refractivity contribution in [3.63, 3.8) is 0 Å². The molecule has 6 rings (SSSR count). The van der Waals surface area contributed by atoms with Crippen LogP contribution < -0.4 is 5.32 Å². The number of nitrogens with one attached hydrogen (secondary N) is 1. The van der Waals surface area contributed by atoms with Gasteiger partial charge in [0.1, 0.15) is 15.6 Å². The number of hydrogen-bond acceptors (Lipinski definition) is 10. The number of amides is 1. The van der Waals surface area contributed by atoms with E-state index >= 15 is 0 Å². The van der Waals surface area contributed by atoms with Crippen LogP contribution >= 0.6 is 15.9 Å². The molecule has 13 nitrogen and oxygen atoms in total. The van der Waals surface area contributed by atoms with Crippen LogP contribution in [0, 0.1) is 13.8 Å². The van der Waals surface area contributed by atoms with E-state index < -0.39 is 26.1 Å². The molecule has 0 bridgehead atoms. The first kappa shape index (κ1) is 31.7. The summed E-state index contributed by atoms with van der Waals surface area (Å²) in [5.74, 6) is 0.177. The molecule has 6 aromatic rings. The summed E-state index contributed by atoms with van der Waals surface area (Å²) < 4.78 is 58.3. The minimum atomic E-state index is -3.78. The van der Waals surface area contributed by atoms with Gasteiger partial charge in [-0.1, -0.05) is 35.4 Å². The Hall–Kier alpha value is -4.67. The van der Waals surface area contributed by atoms with Gasteiger partial charge in [-0.3, -0.25) is 5.32 Å². The topological polar surface area (TPSA) is 168 Å². The lowest BCUT2D eigenvalue weighted by atomic mass is 10.2. The largest absolute Gasteiger partial charge is 0.450 e. The third kappa shape index (κ3) is 6.72. The van der Waals surface area contributed by atoms with Gasteiger partial charge in [-0.05, 0) is 73.1 Å². The number of rotatable bonds is 6. The van der Waals surface area contributed by atoms with Crippen molar-refractivity contribution in [2.45, 2.75) is 30.6 Å². The van der Waals surface area contributed by atoms with E-state index in [2.05, 4.69) is 41.2 Å². The fourth-order valence-electron chi connectivity index (χ4n) is 4.12. The van der Waals surface area contributed by atoms with Gasteiger partial charge in [-0.2, -0.15) is 0 Å². The molecule has 0 radical (unpaired) electrons. The van der Waals surface area contributed by atoms with E-state index in [1.54, 1.807) is 61.5 Å². The summed E-state index contributed by atoms with van der Waals surface area (Å²) in [5, 5.41) is 2.43. The lowest BCUT2D eigenvalue weighted by Crippen LogP contribution is -2.15. The maximum Gasteiger partial charge on any atom is 0.412 e. The summed E-state index contributed by atoms with van der Waals surface area (Å²) in [6, 6.07) is 16.4. The number of benzene rings is 2. The third-order valence-electron chi connectivity index (χ3n) is 6.34. The number of nitrogens with zero attached hydrogens (tertiary/aromatic N) is 6. The molecule has 0 unspecified atom stereocenters. The fraction of sp³-hybridized carbons (Fsp3) is 0.138. The molecule has 0 fully saturated rings. The maximum atomic E-state index is 12.8. The molecular formula is C29H26BrN7O6S2. The second kappa shape index (κ2) is 12.7. The van der Waals surface area contributed by atoms with Gasteiger partial charge in [0.25, 0.3) is 20.0 Å². The average Bonchev–Trinajstić information content (AvgIpc) is 3.63. The number of hydrogen-bond donors (Lipinski definition) is 1. The Balaban J connectivity index is 0.000000182. The van der Waals surface area contributed by atoms with Crippen molar-refractivity contribution in [2.75, 3.05) is 11.9 Å². The average molecular weight is 713 g/mol. The van der Waals surface area contributed by atoms with E-state index in [4.69, 9.17) is 4.74 Å². The highest BCUT2D eigenvalue weighted by atomic mass is 79.9. The van der Waals surface area contributed by atoms with Crippen LogP contribution in [0.4, 0.5) is 10.6 Å². The van der Waals surface area contributed by atoms with E-state index in [0.717, 1.165) is 19.1 Å². The smallest absolute Gasteiger partial charge is 0.412 e.